The van der Waals surface area contributed by atoms with Crippen LogP contribution in [0.5, 0.6) is 17.2 Å². The molecule has 11 heteroatoms. The summed E-state index contributed by atoms with van der Waals surface area (Å²) in [6.07, 6.45) is 0.00555. The Morgan fingerprint density at radius 1 is 0.913 bits per heavy atom. The largest absolute Gasteiger partial charge is 0.497 e. The monoisotopic (exact) mass is 751 g/mol. The van der Waals surface area contributed by atoms with Crippen LogP contribution < -0.4 is 25.1 Å². The number of nitrogens with zero attached hydrogens (tertiary/aromatic N) is 1. The van der Waals surface area contributed by atoms with Gasteiger partial charge in [-0.3, -0.25) is 10.2 Å². The van der Waals surface area contributed by atoms with Gasteiger partial charge >= 0.3 is 0 Å². The van der Waals surface area contributed by atoms with Crippen molar-refractivity contribution >= 4 is 43.7 Å². The molecule has 4 aromatic carbocycles. The van der Waals surface area contributed by atoms with E-state index in [0.29, 0.717) is 48.3 Å². The van der Waals surface area contributed by atoms with E-state index in [-0.39, 0.29) is 18.9 Å². The summed E-state index contributed by atoms with van der Waals surface area (Å²) in [7, 11) is 3.19. The summed E-state index contributed by atoms with van der Waals surface area (Å²) >= 11 is 7.36. The highest BCUT2D eigenvalue weighted by molar-refractivity contribution is 9.10. The zero-order valence-electron chi connectivity index (χ0n) is 25.5. The predicted molar refractivity (Wildman–Crippen MR) is 183 cm³/mol. The van der Waals surface area contributed by atoms with E-state index in [4.69, 9.17) is 29.0 Å². The molecule has 1 heterocycles. The summed E-state index contributed by atoms with van der Waals surface area (Å²) < 4.78 is 24.9. The Kier molecular flexibility index (Phi) is 11.3. The minimum absolute atomic E-state index is 0.0589. The van der Waals surface area contributed by atoms with E-state index in [9.17, 15) is 4.79 Å². The zero-order valence-corrected chi connectivity index (χ0v) is 28.6. The smallest absolute Gasteiger partial charge is 0.266 e. The predicted octanol–water partition coefficient (Wildman–Crippen LogP) is 6.31. The van der Waals surface area contributed by atoms with Gasteiger partial charge in [0.05, 0.1) is 20.8 Å². The van der Waals surface area contributed by atoms with Crippen LogP contribution in [0.15, 0.2) is 105 Å². The Bertz CT molecular complexity index is 1680. The summed E-state index contributed by atoms with van der Waals surface area (Å²) in [5.74, 6) is 1.93. The van der Waals surface area contributed by atoms with Crippen molar-refractivity contribution in [2.45, 2.75) is 31.0 Å². The molecule has 0 aliphatic carbocycles. The molecule has 4 aromatic rings. The second-order valence-corrected chi connectivity index (χ2v) is 12.3. The van der Waals surface area contributed by atoms with E-state index in [0.717, 1.165) is 25.6 Å². The van der Waals surface area contributed by atoms with Crippen molar-refractivity contribution in [2.75, 3.05) is 27.4 Å². The highest BCUT2D eigenvalue weighted by atomic mass is 79.9. The van der Waals surface area contributed by atoms with Gasteiger partial charge in [0.25, 0.3) is 5.91 Å². The molecule has 0 aromatic heterocycles. The fraction of sp³-hybridized carbons (Fsp3) is 0.257. The SMILES string of the molecule is COc1ccc(CNNC(=O)[C@@]2(Cc3ccccc3Br)N=C(c3ccc(OCCCO)cc3)O[C@H]2c2ccccc2Br)c(OC)c1. The number of aliphatic hydroxyl groups excluding tert-OH is 1. The maximum absolute atomic E-state index is 14.5. The molecule has 46 heavy (non-hydrogen) atoms. The number of aliphatic imine (C=N–C) groups is 1. The number of halogens is 2. The molecule has 1 aliphatic rings. The van der Waals surface area contributed by atoms with E-state index in [1.807, 2.05) is 84.9 Å². The molecule has 240 valence electrons. The minimum Gasteiger partial charge on any atom is -0.497 e. The number of carbonyl (C=O) groups is 1. The molecule has 0 saturated carbocycles. The first-order chi connectivity index (χ1) is 22.4. The third kappa shape index (κ3) is 7.55. The van der Waals surface area contributed by atoms with Gasteiger partial charge in [0.1, 0.15) is 17.2 Å². The molecule has 0 unspecified atom stereocenters. The van der Waals surface area contributed by atoms with Crippen molar-refractivity contribution in [1.82, 2.24) is 10.9 Å². The Balaban J connectivity index is 1.52. The summed E-state index contributed by atoms with van der Waals surface area (Å²) in [6.45, 7) is 0.754. The highest BCUT2D eigenvalue weighted by Gasteiger charge is 2.54. The van der Waals surface area contributed by atoms with Gasteiger partial charge in [-0.15, -0.1) is 0 Å². The van der Waals surface area contributed by atoms with Crippen LogP contribution in [0.3, 0.4) is 0 Å². The third-order valence-corrected chi connectivity index (χ3v) is 9.11. The van der Waals surface area contributed by atoms with Crippen LogP contribution >= 0.6 is 31.9 Å². The number of hydrogen-bond acceptors (Lipinski definition) is 8. The Morgan fingerprint density at radius 2 is 1.63 bits per heavy atom. The first kappa shape index (κ1) is 33.5. The van der Waals surface area contributed by atoms with E-state index < -0.39 is 11.6 Å². The molecule has 1 aliphatic heterocycles. The lowest BCUT2D eigenvalue weighted by atomic mass is 9.82. The molecule has 0 spiro atoms. The number of hydrogen-bond donors (Lipinski definition) is 3. The van der Waals surface area contributed by atoms with Crippen molar-refractivity contribution in [3.05, 3.63) is 122 Å². The number of nitrogens with one attached hydrogen (secondary N) is 2. The highest BCUT2D eigenvalue weighted by Crippen LogP contribution is 2.45. The number of carbonyl (C=O) groups excluding carboxylic acids is 1. The van der Waals surface area contributed by atoms with Gasteiger partial charge in [-0.2, -0.15) is 0 Å². The number of ether oxygens (including phenoxy) is 4. The average Bonchev–Trinajstić information content (AvgIpc) is 3.46. The van der Waals surface area contributed by atoms with Gasteiger partial charge in [0.15, 0.2) is 11.6 Å². The van der Waals surface area contributed by atoms with Gasteiger partial charge in [0.2, 0.25) is 5.90 Å². The van der Waals surface area contributed by atoms with Gasteiger partial charge in [0, 0.05) is 57.7 Å². The fourth-order valence-corrected chi connectivity index (χ4v) is 6.12. The second kappa shape index (κ2) is 15.6. The molecule has 3 N–H and O–H groups in total. The van der Waals surface area contributed by atoms with Crippen LogP contribution in [0.1, 0.15) is 34.8 Å². The average molecular weight is 753 g/mol. The van der Waals surface area contributed by atoms with E-state index >= 15 is 0 Å². The summed E-state index contributed by atoms with van der Waals surface area (Å²) in [4.78, 5) is 19.6. The lowest BCUT2D eigenvalue weighted by Gasteiger charge is -2.31. The fourth-order valence-electron chi connectivity index (χ4n) is 5.20. The maximum Gasteiger partial charge on any atom is 0.266 e. The molecule has 5 rings (SSSR count). The van der Waals surface area contributed by atoms with Crippen molar-refractivity contribution in [1.29, 1.82) is 0 Å². The maximum atomic E-state index is 14.5. The molecule has 0 radical (unpaired) electrons. The number of methoxy groups -OCH3 is 2. The molecule has 0 fully saturated rings. The molecule has 9 nitrogen and oxygen atoms in total. The molecule has 0 bridgehead atoms. The molecule has 0 saturated heterocycles. The summed E-state index contributed by atoms with van der Waals surface area (Å²) in [5, 5.41) is 9.08. The van der Waals surface area contributed by atoms with Crippen LogP contribution in [0.2, 0.25) is 0 Å². The third-order valence-electron chi connectivity index (χ3n) is 7.61. The number of rotatable bonds is 14. The van der Waals surface area contributed by atoms with E-state index in [1.54, 1.807) is 20.3 Å². The van der Waals surface area contributed by atoms with Gasteiger partial charge in [-0.05, 0) is 48.0 Å². The number of benzene rings is 4. The summed E-state index contributed by atoms with van der Waals surface area (Å²) in [6, 6.07) is 28.3. The molecule has 1 amide bonds. The van der Waals surface area contributed by atoms with Gasteiger partial charge in [-0.25, -0.2) is 10.4 Å². The van der Waals surface area contributed by atoms with Crippen LogP contribution in [-0.2, 0) is 22.5 Å². The molecular formula is C35H35Br2N3O6. The Labute approximate surface area is 285 Å². The first-order valence-corrected chi connectivity index (χ1v) is 16.3. The number of aliphatic hydroxyl groups is 1. The molecule has 2 atom stereocenters. The van der Waals surface area contributed by atoms with Crippen molar-refractivity contribution in [3.63, 3.8) is 0 Å². The van der Waals surface area contributed by atoms with Crippen molar-refractivity contribution < 1.29 is 28.8 Å². The summed E-state index contributed by atoms with van der Waals surface area (Å²) in [5.41, 5.74) is 7.82. The number of hydrazine groups is 1. The standard InChI is InChI=1S/C35H35Br2N3O6/c1-43-27-17-14-25(31(20-27)44-2)22-38-40-34(42)35(21-24-8-3-5-10-29(24)36)32(28-9-4-6-11-30(28)37)46-33(39-35)23-12-15-26(16-13-23)45-19-7-18-41/h3-6,8-17,20,32,38,41H,7,18-19,21-22H2,1-2H3,(H,40,42)/t32-,35-/m0/s1. The van der Waals surface area contributed by atoms with E-state index in [2.05, 4.69) is 42.7 Å². The van der Waals surface area contributed by atoms with Crippen LogP contribution in [0.25, 0.3) is 0 Å². The van der Waals surface area contributed by atoms with Gasteiger partial charge < -0.3 is 24.1 Å². The van der Waals surface area contributed by atoms with Crippen molar-refractivity contribution in [3.8, 4) is 17.2 Å². The molecular weight excluding hydrogens is 718 g/mol. The van der Waals surface area contributed by atoms with Gasteiger partial charge in [-0.1, -0.05) is 74.3 Å². The normalized spacial score (nSPS) is 17.2. The van der Waals surface area contributed by atoms with Crippen LogP contribution in [0.4, 0.5) is 0 Å². The minimum atomic E-state index is -1.41. The first-order valence-electron chi connectivity index (χ1n) is 14.7. The number of amides is 1. The second-order valence-electron chi connectivity index (χ2n) is 10.6. The van der Waals surface area contributed by atoms with Crippen LogP contribution in [0, 0.1) is 0 Å². The topological polar surface area (TPSA) is 111 Å². The van der Waals surface area contributed by atoms with E-state index in [1.165, 1.54) is 0 Å². The Hall–Kier alpha value is -3.90. The lowest BCUT2D eigenvalue weighted by Crippen LogP contribution is -2.53. The lowest BCUT2D eigenvalue weighted by molar-refractivity contribution is -0.130. The quantitative estimate of drug-likeness (QED) is 0.102. The van der Waals surface area contributed by atoms with Crippen LogP contribution in [-0.4, -0.2) is 49.9 Å². The van der Waals surface area contributed by atoms with Crippen molar-refractivity contribution in [2.24, 2.45) is 4.99 Å². The zero-order chi connectivity index (χ0) is 32.5. The Morgan fingerprint density at radius 3 is 2.33 bits per heavy atom.